The van der Waals surface area contributed by atoms with E-state index in [1.54, 1.807) is 0 Å². The third kappa shape index (κ3) is 3.06. The van der Waals surface area contributed by atoms with Crippen LogP contribution in [0.3, 0.4) is 0 Å². The van der Waals surface area contributed by atoms with Crippen molar-refractivity contribution in [2.45, 2.75) is 52.6 Å². The lowest BCUT2D eigenvalue weighted by Gasteiger charge is -2.29. The minimum Gasteiger partial charge on any atom is -0.396 e. The molecule has 1 rings (SSSR count). The molecule has 0 bridgehead atoms. The Morgan fingerprint density at radius 2 is 2.12 bits per heavy atom. The van der Waals surface area contributed by atoms with Crippen LogP contribution in [0.15, 0.2) is 4.52 Å². The van der Waals surface area contributed by atoms with Gasteiger partial charge in [0.25, 0.3) is 0 Å². The Hall–Kier alpha value is -0.870. The molecule has 2 N–H and O–H groups in total. The van der Waals surface area contributed by atoms with E-state index in [1.807, 2.05) is 13.8 Å². The van der Waals surface area contributed by atoms with E-state index in [-0.39, 0.29) is 12.1 Å². The van der Waals surface area contributed by atoms with Crippen molar-refractivity contribution in [3.05, 3.63) is 17.0 Å². The van der Waals surface area contributed by atoms with E-state index >= 15 is 0 Å². The average molecular weight is 226 g/mol. The Balaban J connectivity index is 2.62. The molecule has 0 amide bonds. The van der Waals surface area contributed by atoms with Gasteiger partial charge in [-0.15, -0.1) is 0 Å². The molecule has 4 nitrogen and oxygen atoms in total. The first-order valence-electron chi connectivity index (χ1n) is 5.80. The molecule has 4 heteroatoms. The average Bonchev–Trinajstić information content (AvgIpc) is 2.57. The maximum Gasteiger partial charge on any atom is 0.138 e. The van der Waals surface area contributed by atoms with Crippen molar-refractivity contribution in [3.63, 3.8) is 0 Å². The maximum absolute atomic E-state index is 9.03. The van der Waals surface area contributed by atoms with E-state index in [1.165, 1.54) is 0 Å². The Kier molecular flexibility index (Phi) is 4.50. The molecule has 0 radical (unpaired) electrons. The van der Waals surface area contributed by atoms with E-state index in [0.29, 0.717) is 0 Å². The summed E-state index contributed by atoms with van der Waals surface area (Å²) in [5.41, 5.74) is 2.04. The van der Waals surface area contributed by atoms with Crippen LogP contribution in [0, 0.1) is 13.8 Å². The fraction of sp³-hybridized carbons (Fsp3) is 0.750. The minimum absolute atomic E-state index is 0.0229. The van der Waals surface area contributed by atoms with Crippen LogP contribution in [0.1, 0.15) is 43.7 Å². The number of aryl methyl sites for hydroxylation is 2. The van der Waals surface area contributed by atoms with Crippen LogP contribution in [-0.2, 0) is 6.54 Å². The van der Waals surface area contributed by atoms with Crippen LogP contribution >= 0.6 is 0 Å². The zero-order chi connectivity index (χ0) is 12.2. The van der Waals surface area contributed by atoms with Crippen LogP contribution in [0.5, 0.6) is 0 Å². The highest BCUT2D eigenvalue weighted by Crippen LogP contribution is 2.17. The smallest absolute Gasteiger partial charge is 0.138 e. The van der Waals surface area contributed by atoms with Gasteiger partial charge < -0.3 is 14.9 Å². The summed E-state index contributed by atoms with van der Waals surface area (Å²) >= 11 is 0. The van der Waals surface area contributed by atoms with Gasteiger partial charge in [-0.1, -0.05) is 12.1 Å². The molecule has 1 aromatic heterocycles. The summed E-state index contributed by atoms with van der Waals surface area (Å²) in [5.74, 6) is 0.868. The van der Waals surface area contributed by atoms with Crippen LogP contribution in [-0.4, -0.2) is 22.4 Å². The van der Waals surface area contributed by atoms with Gasteiger partial charge >= 0.3 is 0 Å². The van der Waals surface area contributed by atoms with Crippen LogP contribution < -0.4 is 5.32 Å². The van der Waals surface area contributed by atoms with E-state index in [2.05, 4.69) is 24.3 Å². The van der Waals surface area contributed by atoms with E-state index in [0.717, 1.165) is 36.4 Å². The van der Waals surface area contributed by atoms with Crippen LogP contribution in [0.2, 0.25) is 0 Å². The molecule has 0 fully saturated rings. The van der Waals surface area contributed by atoms with E-state index in [4.69, 9.17) is 9.63 Å². The van der Waals surface area contributed by atoms with Crippen molar-refractivity contribution >= 4 is 0 Å². The standard InChI is InChI=1S/C12H22N2O2/c1-5-12(4,6-7-15)13-8-11-9(2)14-16-10(11)3/h13,15H,5-8H2,1-4H3. The third-order valence-electron chi connectivity index (χ3n) is 3.32. The van der Waals surface area contributed by atoms with Crippen LogP contribution in [0.4, 0.5) is 0 Å². The number of hydrogen-bond donors (Lipinski definition) is 2. The molecule has 16 heavy (non-hydrogen) atoms. The number of nitrogens with zero attached hydrogens (tertiary/aromatic N) is 1. The predicted octanol–water partition coefficient (Wildman–Crippen LogP) is 1.93. The second-order valence-corrected chi connectivity index (χ2v) is 4.54. The molecular formula is C12H22N2O2. The topological polar surface area (TPSA) is 58.3 Å². The monoisotopic (exact) mass is 226 g/mol. The number of aromatic nitrogens is 1. The molecule has 0 aliphatic rings. The SMILES string of the molecule is CCC(C)(CCO)NCc1c(C)noc1C. The maximum atomic E-state index is 9.03. The molecule has 0 saturated carbocycles. The molecule has 1 heterocycles. The zero-order valence-corrected chi connectivity index (χ0v) is 10.6. The van der Waals surface area contributed by atoms with Gasteiger partial charge in [-0.05, 0) is 33.6 Å². The lowest BCUT2D eigenvalue weighted by molar-refractivity contribution is 0.214. The number of aliphatic hydroxyl groups is 1. The van der Waals surface area contributed by atoms with Gasteiger partial charge in [0, 0.05) is 24.3 Å². The van der Waals surface area contributed by atoms with E-state index < -0.39 is 0 Å². The summed E-state index contributed by atoms with van der Waals surface area (Å²) in [6.45, 7) is 9.07. The lowest BCUT2D eigenvalue weighted by atomic mass is 9.94. The Labute approximate surface area is 97.0 Å². The van der Waals surface area contributed by atoms with E-state index in [9.17, 15) is 0 Å². The summed E-state index contributed by atoms with van der Waals surface area (Å²) in [6, 6.07) is 0. The Morgan fingerprint density at radius 1 is 1.44 bits per heavy atom. The summed E-state index contributed by atoms with van der Waals surface area (Å²) in [4.78, 5) is 0. The predicted molar refractivity (Wildman–Crippen MR) is 63.2 cm³/mol. The quantitative estimate of drug-likeness (QED) is 0.778. The van der Waals surface area contributed by atoms with Crippen molar-refractivity contribution in [2.24, 2.45) is 0 Å². The highest BCUT2D eigenvalue weighted by Gasteiger charge is 2.21. The molecule has 1 atom stereocenters. The normalized spacial score (nSPS) is 15.1. The Morgan fingerprint density at radius 3 is 2.56 bits per heavy atom. The first kappa shape index (κ1) is 13.2. The molecule has 92 valence electrons. The number of aliphatic hydroxyl groups excluding tert-OH is 1. The molecule has 1 aromatic rings. The minimum atomic E-state index is -0.0229. The van der Waals surface area contributed by atoms with Gasteiger partial charge in [-0.2, -0.15) is 0 Å². The highest BCUT2D eigenvalue weighted by atomic mass is 16.5. The zero-order valence-electron chi connectivity index (χ0n) is 10.6. The van der Waals surface area contributed by atoms with Crippen molar-refractivity contribution in [1.29, 1.82) is 0 Å². The highest BCUT2D eigenvalue weighted by molar-refractivity contribution is 5.20. The second kappa shape index (κ2) is 5.46. The molecule has 1 unspecified atom stereocenters. The number of rotatable bonds is 6. The van der Waals surface area contributed by atoms with Crippen LogP contribution in [0.25, 0.3) is 0 Å². The summed E-state index contributed by atoms with van der Waals surface area (Å²) in [7, 11) is 0. The molecule has 0 aliphatic carbocycles. The first-order chi connectivity index (χ1) is 7.52. The third-order valence-corrected chi connectivity index (χ3v) is 3.32. The molecule has 0 aliphatic heterocycles. The van der Waals surface area contributed by atoms with Gasteiger partial charge in [0.05, 0.1) is 5.69 Å². The second-order valence-electron chi connectivity index (χ2n) is 4.54. The summed E-state index contributed by atoms with van der Waals surface area (Å²) in [5, 5.41) is 16.4. The first-order valence-corrected chi connectivity index (χ1v) is 5.80. The largest absolute Gasteiger partial charge is 0.396 e. The van der Waals surface area contributed by atoms with Gasteiger partial charge in [-0.3, -0.25) is 0 Å². The number of nitrogens with one attached hydrogen (secondary N) is 1. The fourth-order valence-corrected chi connectivity index (χ4v) is 1.69. The van der Waals surface area contributed by atoms with Gasteiger partial charge in [0.2, 0.25) is 0 Å². The van der Waals surface area contributed by atoms with Crippen molar-refractivity contribution in [2.75, 3.05) is 6.61 Å². The molecule has 0 spiro atoms. The van der Waals surface area contributed by atoms with Crippen molar-refractivity contribution in [3.8, 4) is 0 Å². The number of hydrogen-bond acceptors (Lipinski definition) is 4. The molecular weight excluding hydrogens is 204 g/mol. The summed E-state index contributed by atoms with van der Waals surface area (Å²) in [6.07, 6.45) is 1.74. The fourth-order valence-electron chi connectivity index (χ4n) is 1.69. The van der Waals surface area contributed by atoms with Gasteiger partial charge in [-0.25, -0.2) is 0 Å². The lowest BCUT2D eigenvalue weighted by Crippen LogP contribution is -2.42. The van der Waals surface area contributed by atoms with Crippen molar-refractivity contribution in [1.82, 2.24) is 10.5 Å². The molecule has 0 saturated heterocycles. The van der Waals surface area contributed by atoms with Crippen molar-refractivity contribution < 1.29 is 9.63 Å². The summed E-state index contributed by atoms with van der Waals surface area (Å²) < 4.78 is 5.11. The Bertz CT molecular complexity index is 316. The van der Waals surface area contributed by atoms with Gasteiger partial charge in [0.15, 0.2) is 0 Å². The van der Waals surface area contributed by atoms with Gasteiger partial charge in [0.1, 0.15) is 5.76 Å². The molecule has 0 aromatic carbocycles.